The summed E-state index contributed by atoms with van der Waals surface area (Å²) in [4.78, 5) is 10.9. The Balaban J connectivity index is 2.81. The van der Waals surface area contributed by atoms with E-state index in [1.807, 2.05) is 24.3 Å². The zero-order valence-corrected chi connectivity index (χ0v) is 10.0. The standard InChI is InChI=1S/C13H19NO2/c1-9(2)8-10-4-6-11(7-5-10)12(14-3)13(15)16/h4-7,9,12,14H,8H2,1-3H3,(H,15,16). The first-order valence-electron chi connectivity index (χ1n) is 5.53. The third-order valence-corrected chi connectivity index (χ3v) is 2.49. The Kier molecular flexibility index (Phi) is 4.50. The maximum atomic E-state index is 10.9. The Hall–Kier alpha value is -1.35. The van der Waals surface area contributed by atoms with Crippen LogP contribution in [0.5, 0.6) is 0 Å². The number of carboxylic acids is 1. The van der Waals surface area contributed by atoms with Gasteiger partial charge in [-0.15, -0.1) is 0 Å². The fourth-order valence-corrected chi connectivity index (χ4v) is 1.75. The van der Waals surface area contributed by atoms with Crippen molar-refractivity contribution < 1.29 is 9.90 Å². The van der Waals surface area contributed by atoms with Crippen molar-refractivity contribution in [2.24, 2.45) is 5.92 Å². The van der Waals surface area contributed by atoms with E-state index in [9.17, 15) is 4.79 Å². The first-order chi connectivity index (χ1) is 7.54. The molecule has 0 aliphatic heterocycles. The number of benzene rings is 1. The molecule has 16 heavy (non-hydrogen) atoms. The molecule has 0 aromatic heterocycles. The quantitative estimate of drug-likeness (QED) is 0.801. The molecule has 0 saturated carbocycles. The van der Waals surface area contributed by atoms with Gasteiger partial charge in [0.1, 0.15) is 6.04 Å². The van der Waals surface area contributed by atoms with Crippen LogP contribution in [0, 0.1) is 5.92 Å². The Morgan fingerprint density at radius 3 is 2.25 bits per heavy atom. The average molecular weight is 221 g/mol. The fraction of sp³-hybridized carbons (Fsp3) is 0.462. The zero-order valence-electron chi connectivity index (χ0n) is 10.0. The normalized spacial score (nSPS) is 12.8. The van der Waals surface area contributed by atoms with Crippen molar-refractivity contribution in [3.05, 3.63) is 35.4 Å². The zero-order chi connectivity index (χ0) is 12.1. The SMILES string of the molecule is CNC(C(=O)O)c1ccc(CC(C)C)cc1. The van der Waals surface area contributed by atoms with Crippen LogP contribution in [-0.4, -0.2) is 18.1 Å². The largest absolute Gasteiger partial charge is 0.480 e. The minimum absolute atomic E-state index is 0.616. The van der Waals surface area contributed by atoms with Crippen molar-refractivity contribution in [1.82, 2.24) is 5.32 Å². The van der Waals surface area contributed by atoms with Gasteiger partial charge in [0.15, 0.2) is 0 Å². The van der Waals surface area contributed by atoms with Crippen molar-refractivity contribution in [1.29, 1.82) is 0 Å². The van der Waals surface area contributed by atoms with Crippen LogP contribution >= 0.6 is 0 Å². The lowest BCUT2D eigenvalue weighted by Crippen LogP contribution is -2.24. The molecule has 1 rings (SSSR count). The minimum Gasteiger partial charge on any atom is -0.480 e. The van der Waals surface area contributed by atoms with Gasteiger partial charge in [0.2, 0.25) is 0 Å². The van der Waals surface area contributed by atoms with Crippen molar-refractivity contribution in [3.8, 4) is 0 Å². The summed E-state index contributed by atoms with van der Waals surface area (Å²) in [6.45, 7) is 4.34. The van der Waals surface area contributed by atoms with Crippen LogP contribution in [0.1, 0.15) is 31.0 Å². The monoisotopic (exact) mass is 221 g/mol. The lowest BCUT2D eigenvalue weighted by molar-refractivity contribution is -0.139. The number of likely N-dealkylation sites (N-methyl/N-ethyl adjacent to an activating group) is 1. The molecular weight excluding hydrogens is 202 g/mol. The van der Waals surface area contributed by atoms with Gasteiger partial charge >= 0.3 is 5.97 Å². The van der Waals surface area contributed by atoms with Gasteiger partial charge < -0.3 is 10.4 Å². The van der Waals surface area contributed by atoms with Crippen LogP contribution < -0.4 is 5.32 Å². The summed E-state index contributed by atoms with van der Waals surface area (Å²) in [5, 5.41) is 11.8. The molecule has 0 saturated heterocycles. The van der Waals surface area contributed by atoms with E-state index in [0.717, 1.165) is 12.0 Å². The van der Waals surface area contributed by atoms with Crippen LogP contribution in [0.15, 0.2) is 24.3 Å². The summed E-state index contributed by atoms with van der Waals surface area (Å²) in [6.07, 6.45) is 1.03. The van der Waals surface area contributed by atoms with E-state index in [1.165, 1.54) is 5.56 Å². The van der Waals surface area contributed by atoms with E-state index in [4.69, 9.17) is 5.11 Å². The predicted octanol–water partition coefficient (Wildman–Crippen LogP) is 2.23. The van der Waals surface area contributed by atoms with Gasteiger partial charge in [-0.25, -0.2) is 0 Å². The predicted molar refractivity (Wildman–Crippen MR) is 64.4 cm³/mol. The summed E-state index contributed by atoms with van der Waals surface area (Å²) in [5.41, 5.74) is 2.04. The van der Waals surface area contributed by atoms with Gasteiger partial charge in [-0.3, -0.25) is 4.79 Å². The molecule has 0 bridgehead atoms. The molecule has 0 fully saturated rings. The number of hydrogen-bond donors (Lipinski definition) is 2. The lowest BCUT2D eigenvalue weighted by Gasteiger charge is -2.12. The van der Waals surface area contributed by atoms with Crippen molar-refractivity contribution in [2.45, 2.75) is 26.3 Å². The highest BCUT2D eigenvalue weighted by Gasteiger charge is 2.16. The van der Waals surface area contributed by atoms with Gasteiger partial charge in [0.05, 0.1) is 0 Å². The highest BCUT2D eigenvalue weighted by atomic mass is 16.4. The van der Waals surface area contributed by atoms with Crippen molar-refractivity contribution in [2.75, 3.05) is 7.05 Å². The summed E-state index contributed by atoms with van der Waals surface area (Å²) in [5.74, 6) is -0.232. The second kappa shape index (κ2) is 5.66. The molecule has 1 aromatic rings. The third-order valence-electron chi connectivity index (χ3n) is 2.49. The lowest BCUT2D eigenvalue weighted by atomic mass is 9.99. The second-order valence-corrected chi connectivity index (χ2v) is 4.40. The molecule has 0 amide bonds. The van der Waals surface area contributed by atoms with E-state index in [0.29, 0.717) is 5.92 Å². The van der Waals surface area contributed by atoms with Gasteiger partial charge in [-0.1, -0.05) is 38.1 Å². The summed E-state index contributed by atoms with van der Waals surface area (Å²) < 4.78 is 0. The molecule has 0 heterocycles. The minimum atomic E-state index is -0.848. The molecule has 1 aromatic carbocycles. The maximum Gasteiger partial charge on any atom is 0.325 e. The van der Waals surface area contributed by atoms with E-state index in [1.54, 1.807) is 7.05 Å². The van der Waals surface area contributed by atoms with Gasteiger partial charge in [-0.05, 0) is 30.5 Å². The Morgan fingerprint density at radius 2 is 1.88 bits per heavy atom. The molecule has 3 heteroatoms. The van der Waals surface area contributed by atoms with Crippen molar-refractivity contribution >= 4 is 5.97 Å². The van der Waals surface area contributed by atoms with E-state index >= 15 is 0 Å². The van der Waals surface area contributed by atoms with Gasteiger partial charge in [0.25, 0.3) is 0 Å². The third kappa shape index (κ3) is 3.35. The highest BCUT2D eigenvalue weighted by molar-refractivity contribution is 5.75. The average Bonchev–Trinajstić information content (AvgIpc) is 2.20. The van der Waals surface area contributed by atoms with Gasteiger partial charge in [-0.2, -0.15) is 0 Å². The Morgan fingerprint density at radius 1 is 1.31 bits per heavy atom. The Bertz CT molecular complexity index is 343. The van der Waals surface area contributed by atoms with E-state index in [2.05, 4.69) is 19.2 Å². The number of aliphatic carboxylic acids is 1. The van der Waals surface area contributed by atoms with Gasteiger partial charge in [0, 0.05) is 0 Å². The van der Waals surface area contributed by atoms with Crippen molar-refractivity contribution in [3.63, 3.8) is 0 Å². The molecule has 0 radical (unpaired) electrons. The molecule has 3 nitrogen and oxygen atoms in total. The fourth-order valence-electron chi connectivity index (χ4n) is 1.75. The number of carbonyl (C=O) groups is 1. The molecule has 1 unspecified atom stereocenters. The summed E-state index contributed by atoms with van der Waals surface area (Å²) in [7, 11) is 1.65. The molecule has 0 spiro atoms. The molecule has 0 aliphatic rings. The Labute approximate surface area is 96.5 Å². The second-order valence-electron chi connectivity index (χ2n) is 4.40. The number of rotatable bonds is 5. The molecule has 88 valence electrons. The molecule has 2 N–H and O–H groups in total. The van der Waals surface area contributed by atoms with Crippen LogP contribution in [0.3, 0.4) is 0 Å². The summed E-state index contributed by atoms with van der Waals surface area (Å²) in [6, 6.07) is 7.15. The molecule has 1 atom stereocenters. The number of hydrogen-bond acceptors (Lipinski definition) is 2. The smallest absolute Gasteiger partial charge is 0.325 e. The molecule has 0 aliphatic carbocycles. The van der Waals surface area contributed by atoms with E-state index in [-0.39, 0.29) is 0 Å². The first-order valence-corrected chi connectivity index (χ1v) is 5.53. The summed E-state index contributed by atoms with van der Waals surface area (Å²) >= 11 is 0. The molecular formula is C13H19NO2. The van der Waals surface area contributed by atoms with Crippen LogP contribution in [0.25, 0.3) is 0 Å². The van der Waals surface area contributed by atoms with Crippen LogP contribution in [0.4, 0.5) is 0 Å². The highest BCUT2D eigenvalue weighted by Crippen LogP contribution is 2.15. The topological polar surface area (TPSA) is 49.3 Å². The van der Waals surface area contributed by atoms with Crippen LogP contribution in [0.2, 0.25) is 0 Å². The van der Waals surface area contributed by atoms with E-state index < -0.39 is 12.0 Å². The first kappa shape index (κ1) is 12.7. The number of carboxylic acid groups (broad SMARTS) is 1. The van der Waals surface area contributed by atoms with Crippen LogP contribution in [-0.2, 0) is 11.2 Å². The number of nitrogens with one attached hydrogen (secondary N) is 1. The maximum absolute atomic E-state index is 10.9.